The fourth-order valence-electron chi connectivity index (χ4n) is 2.25. The van der Waals surface area contributed by atoms with Crippen molar-refractivity contribution in [1.82, 2.24) is 0 Å². The van der Waals surface area contributed by atoms with E-state index < -0.39 is 18.0 Å². The zero-order chi connectivity index (χ0) is 22.5. The minimum Gasteiger partial charge on any atom is -0.479 e. The largest absolute Gasteiger partial charge is 0.479 e. The number of aliphatic hydroxyl groups excluding tert-OH is 2. The zero-order valence-electron chi connectivity index (χ0n) is 16.8. The number of aliphatic hydroxyl groups is 2. The molecule has 2 rings (SSSR count). The van der Waals surface area contributed by atoms with Crippen molar-refractivity contribution in [1.29, 1.82) is 0 Å². The summed E-state index contributed by atoms with van der Waals surface area (Å²) in [5, 5.41) is 35.3. The molecule has 0 bridgehead atoms. The van der Waals surface area contributed by atoms with Gasteiger partial charge >= 0.3 is 11.9 Å². The first kappa shape index (κ1) is 24.7. The van der Waals surface area contributed by atoms with Crippen molar-refractivity contribution in [3.63, 3.8) is 0 Å². The molecule has 0 heterocycles. The Morgan fingerprint density at radius 1 is 0.967 bits per heavy atom. The number of carboxylic acid groups (broad SMARTS) is 2. The van der Waals surface area contributed by atoms with Crippen LogP contribution < -0.4 is 9.47 Å². The number of ether oxygens (including phenoxy) is 2. The minimum absolute atomic E-state index is 0.0823. The maximum atomic E-state index is 10.7. The highest BCUT2D eigenvalue weighted by molar-refractivity contribution is 5.84. The third kappa shape index (κ3) is 8.34. The maximum Gasteiger partial charge on any atom is 0.371 e. The molecular formula is C22H26O8. The third-order valence-electron chi connectivity index (χ3n) is 3.79. The van der Waals surface area contributed by atoms with Crippen LogP contribution >= 0.6 is 0 Å². The number of rotatable bonds is 9. The van der Waals surface area contributed by atoms with Gasteiger partial charge in [0.2, 0.25) is 5.76 Å². The van der Waals surface area contributed by atoms with Crippen LogP contribution in [0.4, 0.5) is 0 Å². The Morgan fingerprint density at radius 2 is 1.50 bits per heavy atom. The van der Waals surface area contributed by atoms with Gasteiger partial charge in [-0.3, -0.25) is 0 Å². The van der Waals surface area contributed by atoms with E-state index in [-0.39, 0.29) is 19.0 Å². The van der Waals surface area contributed by atoms with Crippen molar-refractivity contribution in [3.8, 4) is 11.5 Å². The van der Waals surface area contributed by atoms with Crippen molar-refractivity contribution in [3.05, 3.63) is 71.5 Å². The van der Waals surface area contributed by atoms with Crippen LogP contribution in [-0.2, 0) is 22.8 Å². The molecule has 8 heteroatoms. The first-order valence-electron chi connectivity index (χ1n) is 9.21. The van der Waals surface area contributed by atoms with Gasteiger partial charge in [-0.05, 0) is 54.8 Å². The lowest BCUT2D eigenvalue weighted by atomic mass is 10.2. The SMILES string of the molecule is C/C=C(/Oc1cccc(CO)c1)C(=O)O.CC[C@@H](Oc1cccc(CO)c1)C(=O)O. The Labute approximate surface area is 174 Å². The number of aliphatic carboxylic acids is 2. The molecule has 30 heavy (non-hydrogen) atoms. The second-order valence-electron chi connectivity index (χ2n) is 6.02. The molecular weight excluding hydrogens is 392 g/mol. The molecule has 0 spiro atoms. The van der Waals surface area contributed by atoms with Crippen LogP contribution in [0.5, 0.6) is 11.5 Å². The predicted octanol–water partition coefficient (Wildman–Crippen LogP) is 2.97. The van der Waals surface area contributed by atoms with Gasteiger partial charge in [0.25, 0.3) is 0 Å². The smallest absolute Gasteiger partial charge is 0.371 e. The number of allylic oxidation sites excluding steroid dienone is 1. The molecule has 8 nitrogen and oxygen atoms in total. The number of hydrogen-bond acceptors (Lipinski definition) is 6. The lowest BCUT2D eigenvalue weighted by Crippen LogP contribution is -2.25. The summed E-state index contributed by atoms with van der Waals surface area (Å²) in [5.41, 5.74) is 1.38. The lowest BCUT2D eigenvalue weighted by Gasteiger charge is -2.13. The van der Waals surface area contributed by atoms with E-state index in [0.717, 1.165) is 0 Å². The Hall–Kier alpha value is -3.36. The summed E-state index contributed by atoms with van der Waals surface area (Å²) in [6.45, 7) is 3.14. The quantitative estimate of drug-likeness (QED) is 0.361. The molecule has 0 aliphatic carbocycles. The highest BCUT2D eigenvalue weighted by Gasteiger charge is 2.16. The molecule has 0 saturated carbocycles. The van der Waals surface area contributed by atoms with Gasteiger partial charge in [-0.1, -0.05) is 31.2 Å². The van der Waals surface area contributed by atoms with Gasteiger partial charge in [0.1, 0.15) is 11.5 Å². The third-order valence-corrected chi connectivity index (χ3v) is 3.79. The van der Waals surface area contributed by atoms with E-state index in [1.54, 1.807) is 62.4 Å². The van der Waals surface area contributed by atoms with E-state index in [1.807, 2.05) is 0 Å². The molecule has 0 unspecified atom stereocenters. The van der Waals surface area contributed by atoms with E-state index >= 15 is 0 Å². The highest BCUT2D eigenvalue weighted by atomic mass is 16.5. The first-order chi connectivity index (χ1) is 14.3. The van der Waals surface area contributed by atoms with E-state index in [0.29, 0.717) is 29.0 Å². The number of carbonyl (C=O) groups is 2. The Kier molecular flexibility index (Phi) is 10.7. The average molecular weight is 418 g/mol. The standard InChI is InChI=1S/C11H14O4.C11H12O4/c2*1-2-10(11(13)14)15-9-5-3-4-8(6-9)7-12/h3-6,10,12H,2,7H2,1H3,(H,13,14);2-6,12H,7H2,1H3,(H,13,14)/b;10-2+/t10-;/m1./s1. The Bertz CT molecular complexity index is 860. The molecule has 0 radical (unpaired) electrons. The summed E-state index contributed by atoms with van der Waals surface area (Å²) >= 11 is 0. The second-order valence-corrected chi connectivity index (χ2v) is 6.02. The topological polar surface area (TPSA) is 134 Å². The first-order valence-corrected chi connectivity index (χ1v) is 9.21. The van der Waals surface area contributed by atoms with Crippen LogP contribution in [-0.4, -0.2) is 38.5 Å². The van der Waals surface area contributed by atoms with Gasteiger partial charge < -0.3 is 29.9 Å². The predicted molar refractivity (Wildman–Crippen MR) is 109 cm³/mol. The Balaban J connectivity index is 0.000000300. The molecule has 0 fully saturated rings. The molecule has 0 aliphatic rings. The molecule has 1 atom stereocenters. The monoisotopic (exact) mass is 418 g/mol. The molecule has 0 amide bonds. The summed E-state index contributed by atoms with van der Waals surface area (Å²) in [5.74, 6) is -1.36. The molecule has 0 aliphatic heterocycles. The van der Waals surface area contributed by atoms with Gasteiger partial charge in [-0.15, -0.1) is 0 Å². The molecule has 2 aromatic rings. The van der Waals surface area contributed by atoms with Gasteiger partial charge in [0.05, 0.1) is 13.2 Å². The van der Waals surface area contributed by atoms with Crippen LogP contribution in [0, 0.1) is 0 Å². The zero-order valence-corrected chi connectivity index (χ0v) is 16.8. The van der Waals surface area contributed by atoms with Crippen molar-refractivity contribution >= 4 is 11.9 Å². The van der Waals surface area contributed by atoms with Gasteiger partial charge in [-0.25, -0.2) is 9.59 Å². The van der Waals surface area contributed by atoms with Crippen LogP contribution in [0.1, 0.15) is 31.4 Å². The van der Waals surface area contributed by atoms with Crippen molar-refractivity contribution in [2.75, 3.05) is 0 Å². The van der Waals surface area contributed by atoms with Gasteiger partial charge in [-0.2, -0.15) is 0 Å². The van der Waals surface area contributed by atoms with Crippen LogP contribution in [0.25, 0.3) is 0 Å². The summed E-state index contributed by atoms with van der Waals surface area (Å²) in [7, 11) is 0. The van der Waals surface area contributed by atoms with Crippen molar-refractivity contribution in [2.45, 2.75) is 39.6 Å². The summed E-state index contributed by atoms with van der Waals surface area (Å²) < 4.78 is 10.4. The maximum absolute atomic E-state index is 10.7. The van der Waals surface area contributed by atoms with E-state index in [9.17, 15) is 9.59 Å². The molecule has 2 aromatic carbocycles. The van der Waals surface area contributed by atoms with Gasteiger partial charge in [0, 0.05) is 0 Å². The number of hydrogen-bond donors (Lipinski definition) is 4. The molecule has 4 N–H and O–H groups in total. The van der Waals surface area contributed by atoms with Crippen molar-refractivity contribution in [2.24, 2.45) is 0 Å². The summed E-state index contributed by atoms with van der Waals surface area (Å²) in [6.07, 6.45) is 0.936. The van der Waals surface area contributed by atoms with Crippen LogP contribution in [0.2, 0.25) is 0 Å². The molecule has 0 saturated heterocycles. The number of carboxylic acids is 2. The average Bonchev–Trinajstić information content (AvgIpc) is 2.76. The Morgan fingerprint density at radius 3 is 1.93 bits per heavy atom. The summed E-state index contributed by atoms with van der Waals surface area (Å²) in [6, 6.07) is 13.4. The summed E-state index contributed by atoms with van der Waals surface area (Å²) in [4.78, 5) is 21.4. The fourth-order valence-corrected chi connectivity index (χ4v) is 2.25. The highest BCUT2D eigenvalue weighted by Crippen LogP contribution is 2.17. The van der Waals surface area contributed by atoms with Crippen LogP contribution in [0.3, 0.4) is 0 Å². The van der Waals surface area contributed by atoms with E-state index in [1.165, 1.54) is 6.08 Å². The number of benzene rings is 2. The fraction of sp³-hybridized carbons (Fsp3) is 0.273. The second kappa shape index (κ2) is 13.0. The molecule has 0 aromatic heterocycles. The normalized spacial score (nSPS) is 11.7. The van der Waals surface area contributed by atoms with Gasteiger partial charge in [0.15, 0.2) is 6.10 Å². The lowest BCUT2D eigenvalue weighted by molar-refractivity contribution is -0.145. The van der Waals surface area contributed by atoms with Crippen molar-refractivity contribution < 1.29 is 39.5 Å². The van der Waals surface area contributed by atoms with Crippen LogP contribution in [0.15, 0.2) is 60.4 Å². The van der Waals surface area contributed by atoms with E-state index in [4.69, 9.17) is 29.9 Å². The van der Waals surface area contributed by atoms with E-state index in [2.05, 4.69) is 0 Å². The molecule has 162 valence electrons. The minimum atomic E-state index is -1.12.